The van der Waals surface area contributed by atoms with E-state index < -0.39 is 0 Å². The molecule has 0 aromatic heterocycles. The molecule has 1 saturated heterocycles. The van der Waals surface area contributed by atoms with E-state index >= 15 is 0 Å². The zero-order valence-corrected chi connectivity index (χ0v) is 10.6. The average molecular weight is 249 g/mol. The SMILES string of the molecule is Cc1ccc([N+](=O)[O-])c(NCC[C@H]2CCCN2)c1. The first-order chi connectivity index (χ1) is 8.66. The van der Waals surface area contributed by atoms with Crippen LogP contribution in [0.15, 0.2) is 18.2 Å². The van der Waals surface area contributed by atoms with Gasteiger partial charge in [-0.15, -0.1) is 0 Å². The fourth-order valence-corrected chi connectivity index (χ4v) is 2.33. The minimum Gasteiger partial charge on any atom is -0.379 e. The van der Waals surface area contributed by atoms with Crippen LogP contribution in [0.1, 0.15) is 24.8 Å². The molecule has 0 spiro atoms. The van der Waals surface area contributed by atoms with Crippen molar-refractivity contribution in [3.8, 4) is 0 Å². The molecular formula is C13H19N3O2. The number of benzene rings is 1. The van der Waals surface area contributed by atoms with Gasteiger partial charge in [0.15, 0.2) is 0 Å². The van der Waals surface area contributed by atoms with Gasteiger partial charge in [0.05, 0.1) is 4.92 Å². The number of hydrogen-bond donors (Lipinski definition) is 2. The Hall–Kier alpha value is -1.62. The Kier molecular flexibility index (Phi) is 4.15. The van der Waals surface area contributed by atoms with E-state index in [0.717, 1.165) is 25.1 Å². The molecule has 1 aromatic carbocycles. The van der Waals surface area contributed by atoms with Crippen molar-refractivity contribution in [3.63, 3.8) is 0 Å². The van der Waals surface area contributed by atoms with Crippen molar-refractivity contribution in [2.45, 2.75) is 32.2 Å². The van der Waals surface area contributed by atoms with Gasteiger partial charge >= 0.3 is 0 Å². The molecule has 0 radical (unpaired) electrons. The maximum Gasteiger partial charge on any atom is 0.292 e. The van der Waals surface area contributed by atoms with Crippen molar-refractivity contribution in [1.82, 2.24) is 5.32 Å². The van der Waals surface area contributed by atoms with E-state index in [-0.39, 0.29) is 10.6 Å². The fraction of sp³-hybridized carbons (Fsp3) is 0.538. The summed E-state index contributed by atoms with van der Waals surface area (Å²) in [6.45, 7) is 3.80. The van der Waals surface area contributed by atoms with Crippen LogP contribution in [0, 0.1) is 17.0 Å². The molecule has 2 N–H and O–H groups in total. The van der Waals surface area contributed by atoms with Crippen LogP contribution in [0.25, 0.3) is 0 Å². The summed E-state index contributed by atoms with van der Waals surface area (Å²) in [5.41, 5.74) is 1.81. The number of nitro groups is 1. The summed E-state index contributed by atoms with van der Waals surface area (Å²) in [6, 6.07) is 5.72. The van der Waals surface area contributed by atoms with E-state index in [1.807, 2.05) is 13.0 Å². The number of nitrogens with one attached hydrogen (secondary N) is 2. The van der Waals surface area contributed by atoms with Gasteiger partial charge in [-0.1, -0.05) is 6.07 Å². The zero-order chi connectivity index (χ0) is 13.0. The van der Waals surface area contributed by atoms with E-state index in [4.69, 9.17) is 0 Å². The van der Waals surface area contributed by atoms with Crippen molar-refractivity contribution in [2.24, 2.45) is 0 Å². The second-order valence-electron chi connectivity index (χ2n) is 4.79. The van der Waals surface area contributed by atoms with Gasteiger partial charge in [-0.3, -0.25) is 10.1 Å². The number of anilines is 1. The third kappa shape index (κ3) is 3.20. The van der Waals surface area contributed by atoms with Crippen molar-refractivity contribution in [2.75, 3.05) is 18.4 Å². The lowest BCUT2D eigenvalue weighted by Crippen LogP contribution is -2.24. The van der Waals surface area contributed by atoms with Gasteiger partial charge in [0, 0.05) is 18.7 Å². The first-order valence-electron chi connectivity index (χ1n) is 6.39. The highest BCUT2D eigenvalue weighted by Gasteiger charge is 2.15. The standard InChI is InChI=1S/C13H19N3O2/c1-10-4-5-13(16(17)18)12(9-10)15-8-6-11-3-2-7-14-11/h4-5,9,11,14-15H,2-3,6-8H2,1H3/t11-/m1/s1. The lowest BCUT2D eigenvalue weighted by atomic mass is 10.1. The first kappa shape index (κ1) is 12.8. The highest BCUT2D eigenvalue weighted by molar-refractivity contribution is 5.62. The molecule has 0 amide bonds. The number of nitrogens with zero attached hydrogens (tertiary/aromatic N) is 1. The Morgan fingerprint density at radius 2 is 2.39 bits per heavy atom. The zero-order valence-electron chi connectivity index (χ0n) is 10.6. The molecule has 0 unspecified atom stereocenters. The van der Waals surface area contributed by atoms with Crippen LogP contribution in [0.2, 0.25) is 0 Å². The summed E-state index contributed by atoms with van der Waals surface area (Å²) in [5, 5.41) is 17.5. The lowest BCUT2D eigenvalue weighted by Gasteiger charge is -2.12. The van der Waals surface area contributed by atoms with E-state index in [1.165, 1.54) is 12.8 Å². The largest absolute Gasteiger partial charge is 0.379 e. The van der Waals surface area contributed by atoms with Gasteiger partial charge in [-0.05, 0) is 44.4 Å². The first-order valence-corrected chi connectivity index (χ1v) is 6.39. The topological polar surface area (TPSA) is 67.2 Å². The van der Waals surface area contributed by atoms with Crippen LogP contribution >= 0.6 is 0 Å². The minimum absolute atomic E-state index is 0.153. The van der Waals surface area contributed by atoms with Gasteiger partial charge in [0.1, 0.15) is 5.69 Å². The normalized spacial score (nSPS) is 18.8. The quantitative estimate of drug-likeness (QED) is 0.621. The average Bonchev–Trinajstić information content (AvgIpc) is 2.82. The molecule has 1 fully saturated rings. The van der Waals surface area contributed by atoms with Gasteiger partial charge in [0.2, 0.25) is 0 Å². The van der Waals surface area contributed by atoms with Crippen LogP contribution in [-0.2, 0) is 0 Å². The van der Waals surface area contributed by atoms with E-state index in [9.17, 15) is 10.1 Å². The summed E-state index contributed by atoms with van der Waals surface area (Å²) in [6.07, 6.45) is 3.44. The number of aryl methyl sites for hydroxylation is 1. The smallest absolute Gasteiger partial charge is 0.292 e. The molecule has 18 heavy (non-hydrogen) atoms. The summed E-state index contributed by atoms with van der Waals surface area (Å²) < 4.78 is 0. The van der Waals surface area contributed by atoms with Crippen LogP contribution < -0.4 is 10.6 Å². The predicted molar refractivity (Wildman–Crippen MR) is 72.0 cm³/mol. The summed E-state index contributed by atoms with van der Waals surface area (Å²) in [7, 11) is 0. The molecule has 1 aliphatic rings. The second-order valence-corrected chi connectivity index (χ2v) is 4.79. The summed E-state index contributed by atoms with van der Waals surface area (Å²) >= 11 is 0. The Labute approximate surface area is 107 Å². The Balaban J connectivity index is 1.94. The van der Waals surface area contributed by atoms with Crippen molar-refractivity contribution >= 4 is 11.4 Å². The maximum absolute atomic E-state index is 10.9. The van der Waals surface area contributed by atoms with Crippen LogP contribution in [0.5, 0.6) is 0 Å². The highest BCUT2D eigenvalue weighted by atomic mass is 16.6. The molecule has 0 aliphatic carbocycles. The molecule has 5 heteroatoms. The molecule has 5 nitrogen and oxygen atoms in total. The van der Waals surface area contributed by atoms with Crippen LogP contribution in [-0.4, -0.2) is 24.1 Å². The third-order valence-corrected chi connectivity index (χ3v) is 3.32. The number of hydrogen-bond acceptors (Lipinski definition) is 4. The molecule has 1 heterocycles. The predicted octanol–water partition coefficient (Wildman–Crippen LogP) is 2.46. The summed E-state index contributed by atoms with van der Waals surface area (Å²) in [5.74, 6) is 0. The number of nitro benzene ring substituents is 1. The van der Waals surface area contributed by atoms with Gasteiger partial charge in [-0.25, -0.2) is 0 Å². The van der Waals surface area contributed by atoms with E-state index in [0.29, 0.717) is 11.7 Å². The number of rotatable bonds is 5. The molecule has 1 aromatic rings. The van der Waals surface area contributed by atoms with Crippen molar-refractivity contribution < 1.29 is 4.92 Å². The highest BCUT2D eigenvalue weighted by Crippen LogP contribution is 2.25. The Morgan fingerprint density at radius 3 is 3.06 bits per heavy atom. The van der Waals surface area contributed by atoms with Gasteiger partial charge in [-0.2, -0.15) is 0 Å². The maximum atomic E-state index is 10.9. The van der Waals surface area contributed by atoms with Gasteiger partial charge in [0.25, 0.3) is 5.69 Å². The van der Waals surface area contributed by atoms with Crippen LogP contribution in [0.4, 0.5) is 11.4 Å². The molecule has 0 saturated carbocycles. The Bertz CT molecular complexity index is 428. The fourth-order valence-electron chi connectivity index (χ4n) is 2.33. The van der Waals surface area contributed by atoms with Crippen molar-refractivity contribution in [1.29, 1.82) is 0 Å². The molecule has 0 bridgehead atoms. The molecular weight excluding hydrogens is 230 g/mol. The van der Waals surface area contributed by atoms with Gasteiger partial charge < -0.3 is 10.6 Å². The monoisotopic (exact) mass is 249 g/mol. The molecule has 2 rings (SSSR count). The molecule has 1 aliphatic heterocycles. The summed E-state index contributed by atoms with van der Waals surface area (Å²) in [4.78, 5) is 10.6. The van der Waals surface area contributed by atoms with E-state index in [2.05, 4.69) is 10.6 Å². The third-order valence-electron chi connectivity index (χ3n) is 3.32. The van der Waals surface area contributed by atoms with E-state index in [1.54, 1.807) is 12.1 Å². The van der Waals surface area contributed by atoms with Crippen LogP contribution in [0.3, 0.4) is 0 Å². The van der Waals surface area contributed by atoms with Crippen molar-refractivity contribution in [3.05, 3.63) is 33.9 Å². The lowest BCUT2D eigenvalue weighted by molar-refractivity contribution is -0.384. The molecule has 98 valence electrons. The second kappa shape index (κ2) is 5.82. The minimum atomic E-state index is -0.338. The molecule has 1 atom stereocenters. The Morgan fingerprint density at radius 1 is 1.56 bits per heavy atom.